The Bertz CT molecular complexity index is 761. The Hall–Kier alpha value is -1.72. The molecular weight excluding hydrogens is 361 g/mol. The minimum absolute atomic E-state index is 0.0523. The molecule has 0 spiro atoms. The fraction of sp³-hybridized carbons (Fsp3) is 0.444. The lowest BCUT2D eigenvalue weighted by Crippen LogP contribution is -2.45. The maximum Gasteiger partial charge on any atom is 0.322 e. The smallest absolute Gasteiger partial charge is 0.322 e. The second kappa shape index (κ2) is 6.89. The Labute approximate surface area is 157 Å². The summed E-state index contributed by atoms with van der Waals surface area (Å²) in [5, 5.41) is 3.64. The van der Waals surface area contributed by atoms with Crippen molar-refractivity contribution in [3.63, 3.8) is 0 Å². The van der Waals surface area contributed by atoms with E-state index in [1.807, 2.05) is 0 Å². The fourth-order valence-corrected chi connectivity index (χ4v) is 3.61. The maximum absolute atomic E-state index is 13.0. The number of rotatable bonds is 4. The van der Waals surface area contributed by atoms with Gasteiger partial charge in [0.05, 0.1) is 33.9 Å². The van der Waals surface area contributed by atoms with Gasteiger partial charge in [0.25, 0.3) is 5.91 Å². The van der Waals surface area contributed by atoms with Crippen molar-refractivity contribution in [1.82, 2.24) is 15.1 Å². The van der Waals surface area contributed by atoms with Crippen molar-refractivity contribution in [2.24, 2.45) is 5.92 Å². The average molecular weight is 382 g/mol. The van der Waals surface area contributed by atoms with Crippen molar-refractivity contribution in [2.45, 2.75) is 26.3 Å². The molecule has 0 saturated carbocycles. The molecule has 1 N–H and O–H groups in total. The van der Waals surface area contributed by atoms with E-state index in [4.69, 9.17) is 23.2 Å². The summed E-state index contributed by atoms with van der Waals surface area (Å²) in [6, 6.07) is 4.41. The molecule has 1 aromatic carbocycles. The van der Waals surface area contributed by atoms with Crippen LogP contribution in [0.25, 0.3) is 0 Å². The number of benzene rings is 1. The van der Waals surface area contributed by atoms with Gasteiger partial charge in [0.15, 0.2) is 0 Å². The zero-order valence-electron chi connectivity index (χ0n) is 14.5. The summed E-state index contributed by atoms with van der Waals surface area (Å²) in [6.45, 7) is 5.36. The molecule has 0 radical (unpaired) electrons. The normalized spacial score (nSPS) is 20.5. The van der Waals surface area contributed by atoms with E-state index in [-0.39, 0.29) is 11.9 Å². The first-order chi connectivity index (χ1) is 11.8. The van der Waals surface area contributed by atoms with E-state index in [1.165, 1.54) is 4.90 Å². The summed E-state index contributed by atoms with van der Waals surface area (Å²) in [7, 11) is 1.68. The van der Waals surface area contributed by atoms with E-state index in [0.717, 1.165) is 12.1 Å². The molecule has 2 heterocycles. The second-order valence-corrected chi connectivity index (χ2v) is 7.64. The second-order valence-electron chi connectivity index (χ2n) is 6.85. The van der Waals surface area contributed by atoms with E-state index >= 15 is 0 Å². The van der Waals surface area contributed by atoms with E-state index in [2.05, 4.69) is 19.2 Å². The molecule has 134 valence electrons. The summed E-state index contributed by atoms with van der Waals surface area (Å²) < 4.78 is 0. The average Bonchev–Trinajstić information content (AvgIpc) is 2.89. The number of carbonyl (C=O) groups is 2. The zero-order chi connectivity index (χ0) is 18.3. The summed E-state index contributed by atoms with van der Waals surface area (Å²) in [5.41, 5.74) is 1.95. The highest BCUT2D eigenvalue weighted by Crippen LogP contribution is 2.39. The van der Waals surface area contributed by atoms with Crippen LogP contribution < -0.4 is 5.32 Å². The highest BCUT2D eigenvalue weighted by atomic mass is 35.5. The van der Waals surface area contributed by atoms with E-state index in [0.29, 0.717) is 40.2 Å². The fourth-order valence-electron chi connectivity index (χ4n) is 3.19. The molecule has 1 atom stereocenters. The molecule has 3 amide bonds. The van der Waals surface area contributed by atoms with E-state index in [9.17, 15) is 9.59 Å². The number of hydrogen-bond acceptors (Lipinski definition) is 2. The Balaban J connectivity index is 1.99. The third kappa shape index (κ3) is 3.23. The lowest BCUT2D eigenvalue weighted by Gasteiger charge is -2.31. The Morgan fingerprint density at radius 1 is 1.28 bits per heavy atom. The first-order valence-electron chi connectivity index (χ1n) is 8.31. The molecule has 5 nitrogen and oxygen atoms in total. The summed E-state index contributed by atoms with van der Waals surface area (Å²) in [4.78, 5) is 28.7. The number of amides is 3. The molecule has 0 aromatic heterocycles. The van der Waals surface area contributed by atoms with Crippen LogP contribution in [0.15, 0.2) is 29.5 Å². The molecule has 2 aliphatic heterocycles. The molecule has 7 heteroatoms. The van der Waals surface area contributed by atoms with Crippen LogP contribution in [0, 0.1) is 5.92 Å². The lowest BCUT2D eigenvalue weighted by molar-refractivity contribution is -0.125. The van der Waals surface area contributed by atoms with Crippen LogP contribution >= 0.6 is 23.2 Å². The Kier molecular flexibility index (Phi) is 4.98. The van der Waals surface area contributed by atoms with Crippen molar-refractivity contribution in [2.75, 3.05) is 20.1 Å². The molecule has 0 aliphatic carbocycles. The van der Waals surface area contributed by atoms with Crippen LogP contribution in [-0.4, -0.2) is 41.9 Å². The molecular formula is C18H21Cl2N3O2. The molecule has 2 aliphatic rings. The van der Waals surface area contributed by atoms with Crippen LogP contribution in [0.5, 0.6) is 0 Å². The highest BCUT2D eigenvalue weighted by Gasteiger charge is 2.43. The minimum atomic E-state index is -0.582. The van der Waals surface area contributed by atoms with Gasteiger partial charge in [-0.2, -0.15) is 0 Å². The van der Waals surface area contributed by atoms with E-state index < -0.39 is 6.04 Å². The number of nitrogens with one attached hydrogen (secondary N) is 1. The van der Waals surface area contributed by atoms with Gasteiger partial charge in [-0.05, 0) is 24.0 Å². The van der Waals surface area contributed by atoms with Crippen LogP contribution in [0.3, 0.4) is 0 Å². The largest absolute Gasteiger partial charge is 0.333 e. The van der Waals surface area contributed by atoms with Gasteiger partial charge in [0, 0.05) is 13.6 Å². The lowest BCUT2D eigenvalue weighted by atomic mass is 9.95. The van der Waals surface area contributed by atoms with Crippen LogP contribution in [0.4, 0.5) is 4.79 Å². The van der Waals surface area contributed by atoms with Gasteiger partial charge in [0.2, 0.25) is 0 Å². The predicted molar refractivity (Wildman–Crippen MR) is 98.6 cm³/mol. The maximum atomic E-state index is 13.0. The SMILES string of the molecule is CC(C)CCN1CC2=C(C1=O)[C@@H](c1cccc(Cl)c1Cl)NC(=O)N2C. The molecule has 3 rings (SSSR count). The van der Waals surface area contributed by atoms with Gasteiger partial charge in [-0.1, -0.05) is 49.2 Å². The third-order valence-electron chi connectivity index (χ3n) is 4.70. The monoisotopic (exact) mass is 381 g/mol. The van der Waals surface area contributed by atoms with Gasteiger partial charge in [-0.15, -0.1) is 0 Å². The Morgan fingerprint density at radius 2 is 2.00 bits per heavy atom. The van der Waals surface area contributed by atoms with Gasteiger partial charge in [-0.25, -0.2) is 4.79 Å². The molecule has 0 bridgehead atoms. The third-order valence-corrected chi connectivity index (χ3v) is 5.54. The van der Waals surface area contributed by atoms with Gasteiger partial charge in [0.1, 0.15) is 0 Å². The predicted octanol–water partition coefficient (Wildman–Crippen LogP) is 3.83. The molecule has 25 heavy (non-hydrogen) atoms. The van der Waals surface area contributed by atoms with E-state index in [1.54, 1.807) is 30.1 Å². The highest BCUT2D eigenvalue weighted by molar-refractivity contribution is 6.42. The van der Waals surface area contributed by atoms with Crippen molar-refractivity contribution < 1.29 is 9.59 Å². The van der Waals surface area contributed by atoms with Crippen LogP contribution in [-0.2, 0) is 4.79 Å². The molecule has 0 fully saturated rings. The number of urea groups is 1. The summed E-state index contributed by atoms with van der Waals surface area (Å²) >= 11 is 12.5. The molecule has 1 aromatic rings. The standard InChI is InChI=1S/C18H21Cl2N3O2/c1-10(2)7-8-23-9-13-14(17(23)24)16(21-18(25)22(13)3)11-5-4-6-12(19)15(11)20/h4-6,10,16H,7-9H2,1-3H3,(H,21,25)/t16-/m1/s1. The first kappa shape index (κ1) is 18.1. The van der Waals surface area contributed by atoms with Gasteiger partial charge < -0.3 is 10.2 Å². The van der Waals surface area contributed by atoms with Crippen molar-refractivity contribution in [3.8, 4) is 0 Å². The Morgan fingerprint density at radius 3 is 2.68 bits per heavy atom. The van der Waals surface area contributed by atoms with Gasteiger partial charge in [-0.3, -0.25) is 9.69 Å². The number of nitrogens with zero attached hydrogens (tertiary/aromatic N) is 2. The van der Waals surface area contributed by atoms with Gasteiger partial charge >= 0.3 is 6.03 Å². The van der Waals surface area contributed by atoms with Crippen molar-refractivity contribution in [1.29, 1.82) is 0 Å². The molecule has 0 saturated heterocycles. The van der Waals surface area contributed by atoms with Crippen LogP contribution in [0.2, 0.25) is 10.0 Å². The summed E-state index contributed by atoms with van der Waals surface area (Å²) in [5.74, 6) is 0.449. The topological polar surface area (TPSA) is 52.7 Å². The quantitative estimate of drug-likeness (QED) is 0.861. The number of carbonyl (C=O) groups excluding carboxylic acids is 2. The van der Waals surface area contributed by atoms with Crippen molar-refractivity contribution in [3.05, 3.63) is 45.1 Å². The van der Waals surface area contributed by atoms with Crippen LogP contribution in [0.1, 0.15) is 31.9 Å². The first-order valence-corrected chi connectivity index (χ1v) is 9.07. The number of halogens is 2. The zero-order valence-corrected chi connectivity index (χ0v) is 16.0. The van der Waals surface area contributed by atoms with Crippen molar-refractivity contribution >= 4 is 35.1 Å². The minimum Gasteiger partial charge on any atom is -0.333 e. The molecule has 0 unspecified atom stereocenters. The number of likely N-dealkylation sites (N-methyl/N-ethyl adjacent to an activating group) is 1. The summed E-state index contributed by atoms with van der Waals surface area (Å²) in [6.07, 6.45) is 0.917. The number of hydrogen-bond donors (Lipinski definition) is 1.